The standard InChI is InChI=1S/C36H66O3.K.H/c1-3-5-7-9-11-13-15-17-19-21-23-25-27-29-31-33-35(37)39-36(38)34-32-30-28-26-24-22-20-18-16-14-12-10-8-6-4-2;;/h17-20H,3-16,21-34H2,1-2H3;;/q;+1;-1/b19-17-,20-18-;;. The summed E-state index contributed by atoms with van der Waals surface area (Å²) in [7, 11) is 0. The number of allylic oxidation sites excluding steroid dienone is 4. The smallest absolute Gasteiger partial charge is 1.00 e. The van der Waals surface area contributed by atoms with Crippen LogP contribution in [0.1, 0.15) is 195 Å². The van der Waals surface area contributed by atoms with Gasteiger partial charge in [-0.3, -0.25) is 9.59 Å². The van der Waals surface area contributed by atoms with Crippen LogP contribution >= 0.6 is 0 Å². The third kappa shape index (κ3) is 36.3. The van der Waals surface area contributed by atoms with Crippen LogP contribution in [0.4, 0.5) is 0 Å². The number of esters is 2. The second kappa shape index (κ2) is 37.3. The van der Waals surface area contributed by atoms with Gasteiger partial charge < -0.3 is 6.16 Å². The Morgan fingerprint density at radius 1 is 0.425 bits per heavy atom. The molecule has 4 heteroatoms. The first kappa shape index (κ1) is 42.4. The Morgan fingerprint density at radius 2 is 0.675 bits per heavy atom. The van der Waals surface area contributed by atoms with Crippen molar-refractivity contribution in [3.05, 3.63) is 24.3 Å². The Morgan fingerprint density at radius 3 is 0.975 bits per heavy atom. The van der Waals surface area contributed by atoms with Crippen LogP contribution in [0, 0.1) is 0 Å². The molecular weight excluding hydrogens is 519 g/mol. The molecule has 0 atom stereocenters. The van der Waals surface area contributed by atoms with Crippen LogP contribution in [0.3, 0.4) is 0 Å². The van der Waals surface area contributed by atoms with Crippen LogP contribution in [-0.2, 0) is 14.3 Å². The molecule has 0 saturated carbocycles. The van der Waals surface area contributed by atoms with E-state index in [1.807, 2.05) is 0 Å². The molecule has 0 aromatic heterocycles. The maximum absolute atomic E-state index is 11.9. The van der Waals surface area contributed by atoms with E-state index in [0.717, 1.165) is 38.5 Å². The van der Waals surface area contributed by atoms with Crippen molar-refractivity contribution in [1.82, 2.24) is 0 Å². The second-order valence-electron chi connectivity index (χ2n) is 11.5. The molecule has 0 saturated heterocycles. The summed E-state index contributed by atoms with van der Waals surface area (Å²) >= 11 is 0. The number of hydrogen-bond donors (Lipinski definition) is 0. The molecule has 0 heterocycles. The summed E-state index contributed by atoms with van der Waals surface area (Å²) in [4.78, 5) is 23.8. The molecule has 40 heavy (non-hydrogen) atoms. The summed E-state index contributed by atoms with van der Waals surface area (Å²) < 4.78 is 4.99. The molecule has 0 aromatic rings. The summed E-state index contributed by atoms with van der Waals surface area (Å²) in [5.41, 5.74) is 0. The van der Waals surface area contributed by atoms with Crippen molar-refractivity contribution in [2.45, 2.75) is 194 Å². The summed E-state index contributed by atoms with van der Waals surface area (Å²) in [5, 5.41) is 0. The largest absolute Gasteiger partial charge is 1.00 e. The number of unbranched alkanes of at least 4 members (excludes halogenated alkanes) is 22. The molecule has 0 aliphatic rings. The molecule has 0 aliphatic heterocycles. The molecule has 0 N–H and O–H groups in total. The van der Waals surface area contributed by atoms with E-state index in [0.29, 0.717) is 12.8 Å². The van der Waals surface area contributed by atoms with Gasteiger partial charge in [-0.2, -0.15) is 0 Å². The maximum atomic E-state index is 11.9. The Bertz CT molecular complexity index is 541. The first-order valence-corrected chi connectivity index (χ1v) is 17.2. The Kier molecular flexibility index (Phi) is 39.5. The van der Waals surface area contributed by atoms with Crippen molar-refractivity contribution < 1.29 is 67.1 Å². The van der Waals surface area contributed by atoms with Gasteiger partial charge in [0, 0.05) is 12.8 Å². The van der Waals surface area contributed by atoms with Crippen molar-refractivity contribution in [3.63, 3.8) is 0 Å². The van der Waals surface area contributed by atoms with Crippen molar-refractivity contribution in [2.75, 3.05) is 0 Å². The van der Waals surface area contributed by atoms with E-state index >= 15 is 0 Å². The molecular formula is C36H67KO3. The van der Waals surface area contributed by atoms with Crippen molar-refractivity contribution in [2.24, 2.45) is 0 Å². The van der Waals surface area contributed by atoms with E-state index in [2.05, 4.69) is 38.2 Å². The first-order valence-electron chi connectivity index (χ1n) is 17.2. The van der Waals surface area contributed by atoms with E-state index in [9.17, 15) is 9.59 Å². The van der Waals surface area contributed by atoms with Crippen molar-refractivity contribution in [1.29, 1.82) is 0 Å². The second-order valence-corrected chi connectivity index (χ2v) is 11.5. The molecule has 0 amide bonds. The van der Waals surface area contributed by atoms with Crippen LogP contribution in [-0.4, -0.2) is 11.9 Å². The maximum Gasteiger partial charge on any atom is 1.00 e. The van der Waals surface area contributed by atoms with Crippen molar-refractivity contribution >= 4 is 11.9 Å². The van der Waals surface area contributed by atoms with Crippen LogP contribution in [0.5, 0.6) is 0 Å². The Balaban J connectivity index is -0.00000722. The van der Waals surface area contributed by atoms with Gasteiger partial charge in [-0.05, 0) is 64.2 Å². The third-order valence-corrected chi connectivity index (χ3v) is 7.51. The van der Waals surface area contributed by atoms with Gasteiger partial charge in [0.1, 0.15) is 0 Å². The van der Waals surface area contributed by atoms with E-state index in [1.165, 1.54) is 128 Å². The minimum absolute atomic E-state index is 0. The molecule has 0 unspecified atom stereocenters. The fourth-order valence-electron chi connectivity index (χ4n) is 4.91. The zero-order valence-electron chi connectivity index (χ0n) is 28.3. The van der Waals surface area contributed by atoms with Crippen molar-refractivity contribution in [3.8, 4) is 0 Å². The number of rotatable bonds is 30. The zero-order chi connectivity index (χ0) is 28.5. The first-order chi connectivity index (χ1) is 19.2. The number of ether oxygens (including phenoxy) is 1. The molecule has 0 bridgehead atoms. The van der Waals surface area contributed by atoms with E-state index in [4.69, 9.17) is 4.74 Å². The predicted molar refractivity (Wildman–Crippen MR) is 171 cm³/mol. The number of carbonyl (C=O) groups is 2. The van der Waals surface area contributed by atoms with Gasteiger partial charge in [0.2, 0.25) is 0 Å². The van der Waals surface area contributed by atoms with E-state index < -0.39 is 0 Å². The molecule has 0 radical (unpaired) electrons. The summed E-state index contributed by atoms with van der Waals surface area (Å²) in [6.45, 7) is 4.53. The molecule has 0 fully saturated rings. The van der Waals surface area contributed by atoms with Gasteiger partial charge >= 0.3 is 63.3 Å². The summed E-state index contributed by atoms with van der Waals surface area (Å²) in [5.74, 6) is -0.684. The van der Waals surface area contributed by atoms with Gasteiger partial charge in [-0.15, -0.1) is 0 Å². The molecule has 0 rings (SSSR count). The van der Waals surface area contributed by atoms with Gasteiger partial charge in [0.05, 0.1) is 0 Å². The number of hydrogen-bond acceptors (Lipinski definition) is 3. The number of carbonyl (C=O) groups excluding carboxylic acids is 2. The topological polar surface area (TPSA) is 43.4 Å². The molecule has 0 aromatic carbocycles. The van der Waals surface area contributed by atoms with Crippen LogP contribution in [0.15, 0.2) is 24.3 Å². The van der Waals surface area contributed by atoms with Gasteiger partial charge in [-0.25, -0.2) is 0 Å². The Hall–Kier alpha value is 0.256. The third-order valence-electron chi connectivity index (χ3n) is 7.51. The average Bonchev–Trinajstić information content (AvgIpc) is 2.93. The molecule has 230 valence electrons. The molecule has 0 aliphatic carbocycles. The monoisotopic (exact) mass is 586 g/mol. The van der Waals surface area contributed by atoms with Gasteiger partial charge in [0.25, 0.3) is 0 Å². The fourth-order valence-corrected chi connectivity index (χ4v) is 4.91. The normalized spacial score (nSPS) is 11.3. The SMILES string of the molecule is CCCCCCCC/C=C\CCCCCCCC(=O)OC(=O)CCCCCCC/C=C\CCCCCCCC.[H-].[K+]. The quantitative estimate of drug-likeness (QED) is 0.0277. The van der Waals surface area contributed by atoms with E-state index in [-0.39, 0.29) is 64.7 Å². The van der Waals surface area contributed by atoms with Gasteiger partial charge in [0.15, 0.2) is 0 Å². The zero-order valence-corrected chi connectivity index (χ0v) is 30.5. The van der Waals surface area contributed by atoms with E-state index in [1.54, 1.807) is 0 Å². The molecule has 3 nitrogen and oxygen atoms in total. The summed E-state index contributed by atoms with van der Waals surface area (Å²) in [6, 6.07) is 0. The fraction of sp³-hybridized carbons (Fsp3) is 0.833. The predicted octanol–water partition coefficient (Wildman–Crippen LogP) is 9.25. The Labute approximate surface area is 294 Å². The minimum Gasteiger partial charge on any atom is -1.00 e. The van der Waals surface area contributed by atoms with Crippen LogP contribution < -0.4 is 51.4 Å². The van der Waals surface area contributed by atoms with Crippen LogP contribution in [0.25, 0.3) is 0 Å². The average molecular weight is 587 g/mol. The van der Waals surface area contributed by atoms with Crippen LogP contribution in [0.2, 0.25) is 0 Å². The summed E-state index contributed by atoms with van der Waals surface area (Å²) in [6.07, 6.45) is 42.2. The minimum atomic E-state index is -0.342. The molecule has 0 spiro atoms. The van der Waals surface area contributed by atoms with Gasteiger partial charge in [-0.1, -0.05) is 141 Å².